The van der Waals surface area contributed by atoms with E-state index in [1.165, 1.54) is 12.2 Å². The second-order valence-corrected chi connectivity index (χ2v) is 9.09. The molecule has 2 heterocycles. The van der Waals surface area contributed by atoms with Crippen LogP contribution in [-0.2, 0) is 24.5 Å². The fourth-order valence-corrected chi connectivity index (χ4v) is 3.59. The van der Waals surface area contributed by atoms with Gasteiger partial charge < -0.3 is 14.4 Å². The van der Waals surface area contributed by atoms with Crippen molar-refractivity contribution in [2.24, 2.45) is 0 Å². The van der Waals surface area contributed by atoms with Gasteiger partial charge in [0.05, 0.1) is 0 Å². The Labute approximate surface area is 181 Å². The Kier molecular flexibility index (Phi) is 7.68. The number of amides is 1. The molecule has 0 aliphatic carbocycles. The fourth-order valence-electron chi connectivity index (χ4n) is 2.54. The molecule has 0 spiro atoms. The zero-order valence-corrected chi connectivity index (χ0v) is 18.5. The summed E-state index contributed by atoms with van der Waals surface area (Å²) in [7, 11) is -4.15. The summed E-state index contributed by atoms with van der Waals surface area (Å²) >= 11 is 0. The number of esters is 1. The molecule has 0 saturated carbocycles. The van der Waals surface area contributed by atoms with Crippen LogP contribution in [0.4, 0.5) is 10.7 Å². The van der Waals surface area contributed by atoms with Gasteiger partial charge in [-0.3, -0.25) is 0 Å². The minimum Gasteiger partial charge on any atom is -0.457 e. The van der Waals surface area contributed by atoms with Crippen LogP contribution in [0.5, 0.6) is 0 Å². The Morgan fingerprint density at radius 3 is 2.10 bits per heavy atom. The third-order valence-electron chi connectivity index (χ3n) is 3.84. The van der Waals surface area contributed by atoms with Gasteiger partial charge in [0.15, 0.2) is 18.3 Å². The third-order valence-corrected chi connectivity index (χ3v) is 5.31. The first kappa shape index (κ1) is 24.2. The molecule has 0 bridgehead atoms. The summed E-state index contributed by atoms with van der Waals surface area (Å²) in [6.45, 7) is 12.2. The molecular formula is C18H26N6O6S. The Hall–Kier alpha value is -3.06. The van der Waals surface area contributed by atoms with Gasteiger partial charge in [0.2, 0.25) is 5.95 Å². The first-order valence-corrected chi connectivity index (χ1v) is 10.8. The standard InChI is InChI=1S/C18H26N6O6S/c1-6-13-19-14(7-2)21-16(20-13)23-8-10-24(11-9-23)31(27,28)22-17(26)29-12-15(25)30-18(3,4)5/h6-7H,1-2,8-12H2,3-5H3,(H,22,26). The van der Waals surface area contributed by atoms with E-state index in [4.69, 9.17) is 4.74 Å². The maximum absolute atomic E-state index is 12.4. The predicted octanol–water partition coefficient (Wildman–Crippen LogP) is 0.592. The van der Waals surface area contributed by atoms with E-state index in [2.05, 4.69) is 32.8 Å². The normalized spacial score (nSPS) is 15.1. The Morgan fingerprint density at radius 2 is 1.61 bits per heavy atom. The maximum atomic E-state index is 12.4. The molecule has 13 heteroatoms. The number of anilines is 1. The van der Waals surface area contributed by atoms with E-state index in [1.54, 1.807) is 30.4 Å². The molecular weight excluding hydrogens is 428 g/mol. The van der Waals surface area contributed by atoms with Gasteiger partial charge in [-0.05, 0) is 32.9 Å². The molecule has 12 nitrogen and oxygen atoms in total. The highest BCUT2D eigenvalue weighted by atomic mass is 32.2. The monoisotopic (exact) mass is 454 g/mol. The number of hydrogen-bond acceptors (Lipinski definition) is 10. The zero-order chi connectivity index (χ0) is 23.2. The lowest BCUT2D eigenvalue weighted by Gasteiger charge is -2.33. The van der Waals surface area contributed by atoms with Crippen molar-refractivity contribution in [3.63, 3.8) is 0 Å². The number of nitrogens with zero attached hydrogens (tertiary/aromatic N) is 5. The number of rotatable bonds is 7. The molecule has 0 unspecified atom stereocenters. The van der Waals surface area contributed by atoms with Crippen molar-refractivity contribution in [1.29, 1.82) is 0 Å². The van der Waals surface area contributed by atoms with Crippen LogP contribution in [0.3, 0.4) is 0 Å². The molecule has 1 aliphatic rings. The maximum Gasteiger partial charge on any atom is 0.422 e. The molecule has 1 aliphatic heterocycles. The molecule has 31 heavy (non-hydrogen) atoms. The summed E-state index contributed by atoms with van der Waals surface area (Å²) in [6.07, 6.45) is 1.69. The molecule has 0 aromatic carbocycles. The van der Waals surface area contributed by atoms with Gasteiger partial charge in [-0.15, -0.1) is 0 Å². The summed E-state index contributed by atoms with van der Waals surface area (Å²) < 4.78 is 37.3. The minimum atomic E-state index is -4.15. The van der Waals surface area contributed by atoms with Gasteiger partial charge in [-0.1, -0.05) is 13.2 Å². The number of carbonyl (C=O) groups is 2. The van der Waals surface area contributed by atoms with E-state index in [-0.39, 0.29) is 26.2 Å². The molecule has 170 valence electrons. The number of hydrogen-bond donors (Lipinski definition) is 1. The van der Waals surface area contributed by atoms with E-state index in [1.807, 2.05) is 0 Å². The highest BCUT2D eigenvalue weighted by Crippen LogP contribution is 2.14. The number of aromatic nitrogens is 3. The van der Waals surface area contributed by atoms with Crippen LogP contribution < -0.4 is 9.62 Å². The summed E-state index contributed by atoms with van der Waals surface area (Å²) in [4.78, 5) is 37.8. The Balaban J connectivity index is 1.91. The minimum absolute atomic E-state index is 0.0766. The molecule has 1 aromatic heterocycles. The van der Waals surface area contributed by atoms with E-state index < -0.39 is 34.5 Å². The van der Waals surface area contributed by atoms with Gasteiger partial charge in [0.25, 0.3) is 0 Å². The van der Waals surface area contributed by atoms with Crippen LogP contribution >= 0.6 is 0 Å². The highest BCUT2D eigenvalue weighted by Gasteiger charge is 2.30. The Bertz CT molecular complexity index is 925. The molecule has 1 N–H and O–H groups in total. The quantitative estimate of drug-likeness (QED) is 0.581. The molecule has 1 saturated heterocycles. The smallest absolute Gasteiger partial charge is 0.422 e. The second-order valence-electron chi connectivity index (χ2n) is 7.42. The average Bonchev–Trinajstić information content (AvgIpc) is 2.70. The molecule has 1 fully saturated rings. The number of ether oxygens (including phenoxy) is 2. The van der Waals surface area contributed by atoms with Crippen molar-refractivity contribution < 1.29 is 27.5 Å². The second kappa shape index (κ2) is 9.83. The average molecular weight is 455 g/mol. The van der Waals surface area contributed by atoms with Crippen molar-refractivity contribution in [2.45, 2.75) is 26.4 Å². The van der Waals surface area contributed by atoms with E-state index in [0.717, 1.165) is 4.31 Å². The zero-order valence-electron chi connectivity index (χ0n) is 17.7. The number of nitrogens with one attached hydrogen (secondary N) is 1. The van der Waals surface area contributed by atoms with E-state index >= 15 is 0 Å². The van der Waals surface area contributed by atoms with Crippen molar-refractivity contribution in [3.05, 3.63) is 24.8 Å². The van der Waals surface area contributed by atoms with Crippen molar-refractivity contribution in [2.75, 3.05) is 37.7 Å². The van der Waals surface area contributed by atoms with Gasteiger partial charge in [-0.2, -0.15) is 22.7 Å². The van der Waals surface area contributed by atoms with Crippen molar-refractivity contribution in [1.82, 2.24) is 24.0 Å². The first-order valence-electron chi connectivity index (χ1n) is 9.36. The lowest BCUT2D eigenvalue weighted by Crippen LogP contribution is -2.53. The number of carbonyl (C=O) groups excluding carboxylic acids is 2. The van der Waals surface area contributed by atoms with Crippen molar-refractivity contribution in [3.8, 4) is 0 Å². The van der Waals surface area contributed by atoms with Gasteiger partial charge in [0.1, 0.15) is 5.60 Å². The van der Waals surface area contributed by atoms with Crippen molar-refractivity contribution >= 4 is 40.4 Å². The lowest BCUT2D eigenvalue weighted by atomic mass is 10.2. The molecule has 0 radical (unpaired) electrons. The summed E-state index contributed by atoms with van der Waals surface area (Å²) in [5, 5.41) is 0. The summed E-state index contributed by atoms with van der Waals surface area (Å²) in [5.74, 6) is 0.346. The fraction of sp³-hybridized carbons (Fsp3) is 0.500. The van der Waals surface area contributed by atoms with Gasteiger partial charge in [-0.25, -0.2) is 19.3 Å². The molecule has 1 aromatic rings. The molecule has 1 amide bonds. The van der Waals surface area contributed by atoms with Crippen LogP contribution in [0, 0.1) is 0 Å². The number of piperazine rings is 1. The SMILES string of the molecule is C=Cc1nc(C=C)nc(N2CCN(S(=O)(=O)NC(=O)OCC(=O)OC(C)(C)C)CC2)n1. The van der Waals surface area contributed by atoms with Crippen LogP contribution in [0.2, 0.25) is 0 Å². The third kappa shape index (κ3) is 7.29. The molecule has 2 rings (SSSR count). The van der Waals surface area contributed by atoms with Gasteiger partial charge in [0, 0.05) is 26.2 Å². The predicted molar refractivity (Wildman–Crippen MR) is 113 cm³/mol. The van der Waals surface area contributed by atoms with Crippen LogP contribution in [-0.4, -0.2) is 78.1 Å². The van der Waals surface area contributed by atoms with E-state index in [0.29, 0.717) is 17.6 Å². The largest absolute Gasteiger partial charge is 0.457 e. The van der Waals surface area contributed by atoms with Crippen LogP contribution in [0.15, 0.2) is 13.2 Å². The topological polar surface area (TPSA) is 144 Å². The first-order chi connectivity index (χ1) is 14.4. The van der Waals surface area contributed by atoms with Crippen LogP contribution in [0.1, 0.15) is 32.4 Å². The molecule has 0 atom stereocenters. The highest BCUT2D eigenvalue weighted by molar-refractivity contribution is 7.87. The van der Waals surface area contributed by atoms with Crippen LogP contribution in [0.25, 0.3) is 12.2 Å². The Morgan fingerprint density at radius 1 is 1.06 bits per heavy atom. The van der Waals surface area contributed by atoms with E-state index in [9.17, 15) is 18.0 Å². The van der Waals surface area contributed by atoms with Gasteiger partial charge >= 0.3 is 22.3 Å². The summed E-state index contributed by atoms with van der Waals surface area (Å²) in [5.41, 5.74) is -0.750. The summed E-state index contributed by atoms with van der Waals surface area (Å²) in [6, 6.07) is 0. The lowest BCUT2D eigenvalue weighted by molar-refractivity contribution is -0.158.